The van der Waals surface area contributed by atoms with E-state index in [0.717, 1.165) is 16.7 Å². The minimum absolute atomic E-state index is 0.0205. The summed E-state index contributed by atoms with van der Waals surface area (Å²) >= 11 is 7.42. The molecule has 0 spiro atoms. The summed E-state index contributed by atoms with van der Waals surface area (Å²) < 4.78 is 13.0. The number of carbonyl (C=O) groups is 1. The first-order chi connectivity index (χ1) is 8.49. The number of carbonyl (C=O) groups excluding carboxylic acids is 1. The Morgan fingerprint density at radius 2 is 2.06 bits per heavy atom. The Morgan fingerprint density at radius 3 is 2.61 bits per heavy atom. The normalized spacial score (nSPS) is 10.7. The third kappa shape index (κ3) is 2.62. The number of ketones is 1. The molecule has 0 aliphatic heterocycles. The summed E-state index contributed by atoms with van der Waals surface area (Å²) in [5.41, 5.74) is 2.54. The van der Waals surface area contributed by atoms with Crippen LogP contribution in [0.3, 0.4) is 0 Å². The van der Waals surface area contributed by atoms with Gasteiger partial charge in [0, 0.05) is 6.42 Å². The fourth-order valence-electron chi connectivity index (χ4n) is 1.73. The number of thiophene rings is 1. The number of benzene rings is 1. The van der Waals surface area contributed by atoms with Gasteiger partial charge in [0.05, 0.1) is 9.90 Å². The first-order valence-electron chi connectivity index (χ1n) is 5.51. The van der Waals surface area contributed by atoms with Crippen molar-refractivity contribution in [1.29, 1.82) is 0 Å². The van der Waals surface area contributed by atoms with Gasteiger partial charge in [0.25, 0.3) is 0 Å². The smallest absolute Gasteiger partial charge is 0.178 e. The van der Waals surface area contributed by atoms with Crippen LogP contribution in [-0.2, 0) is 6.42 Å². The first-order valence-corrected chi connectivity index (χ1v) is 6.76. The molecule has 1 heterocycles. The molecule has 0 radical (unpaired) electrons. The average Bonchev–Trinajstić information content (AvgIpc) is 2.64. The van der Waals surface area contributed by atoms with Crippen molar-refractivity contribution >= 4 is 28.7 Å². The number of halogens is 2. The molecule has 0 N–H and O–H groups in total. The number of rotatable bonds is 3. The molecule has 0 bridgehead atoms. The highest BCUT2D eigenvalue weighted by Gasteiger charge is 2.16. The van der Waals surface area contributed by atoms with Crippen LogP contribution in [0.5, 0.6) is 0 Å². The van der Waals surface area contributed by atoms with Crippen molar-refractivity contribution in [2.24, 2.45) is 0 Å². The Morgan fingerprint density at radius 1 is 1.33 bits per heavy atom. The van der Waals surface area contributed by atoms with Gasteiger partial charge < -0.3 is 0 Å². The van der Waals surface area contributed by atoms with E-state index in [1.165, 1.54) is 23.5 Å². The molecular weight excluding hydrogens is 271 g/mol. The molecule has 18 heavy (non-hydrogen) atoms. The zero-order valence-corrected chi connectivity index (χ0v) is 11.7. The standard InChI is InChI=1S/C14H12ClFOS/c1-8-5-11(16)4-3-10(8)6-12(17)14-13(15)9(2)7-18-14/h3-5,7H,6H2,1-2H3. The van der Waals surface area contributed by atoms with Crippen molar-refractivity contribution in [3.05, 3.63) is 56.0 Å². The second-order valence-electron chi connectivity index (χ2n) is 4.23. The highest BCUT2D eigenvalue weighted by Crippen LogP contribution is 2.28. The maximum Gasteiger partial charge on any atom is 0.178 e. The van der Waals surface area contributed by atoms with Crippen molar-refractivity contribution in [2.45, 2.75) is 20.3 Å². The van der Waals surface area contributed by atoms with Gasteiger partial charge in [-0.05, 0) is 48.1 Å². The lowest BCUT2D eigenvalue weighted by Crippen LogP contribution is -2.03. The van der Waals surface area contributed by atoms with Gasteiger partial charge in [0.2, 0.25) is 0 Å². The van der Waals surface area contributed by atoms with E-state index in [1.54, 1.807) is 13.0 Å². The van der Waals surface area contributed by atoms with Crippen LogP contribution in [0.25, 0.3) is 0 Å². The Labute approximate surface area is 114 Å². The summed E-state index contributed by atoms with van der Waals surface area (Å²) in [5, 5.41) is 2.40. The lowest BCUT2D eigenvalue weighted by Gasteiger charge is -2.04. The van der Waals surface area contributed by atoms with E-state index in [4.69, 9.17) is 11.6 Å². The minimum atomic E-state index is -0.284. The molecule has 2 rings (SSSR count). The van der Waals surface area contributed by atoms with E-state index in [2.05, 4.69) is 0 Å². The predicted octanol–water partition coefficient (Wildman–Crippen LogP) is 4.58. The molecule has 2 aromatic rings. The molecule has 0 aliphatic rings. The molecule has 0 aliphatic carbocycles. The van der Waals surface area contributed by atoms with Crippen LogP contribution in [0.2, 0.25) is 5.02 Å². The van der Waals surface area contributed by atoms with E-state index >= 15 is 0 Å². The van der Waals surface area contributed by atoms with Gasteiger partial charge in [-0.3, -0.25) is 4.79 Å². The molecule has 94 valence electrons. The molecule has 1 aromatic heterocycles. The quantitative estimate of drug-likeness (QED) is 0.753. The third-order valence-electron chi connectivity index (χ3n) is 2.81. The highest BCUT2D eigenvalue weighted by atomic mass is 35.5. The maximum atomic E-state index is 13.0. The molecule has 0 atom stereocenters. The van der Waals surface area contributed by atoms with Gasteiger partial charge in [0.15, 0.2) is 5.78 Å². The lowest BCUT2D eigenvalue weighted by molar-refractivity contribution is 0.0996. The number of hydrogen-bond acceptors (Lipinski definition) is 2. The van der Waals surface area contributed by atoms with E-state index in [1.807, 2.05) is 12.3 Å². The zero-order valence-electron chi connectivity index (χ0n) is 10.1. The largest absolute Gasteiger partial charge is 0.293 e. The average molecular weight is 283 g/mol. The van der Waals surface area contributed by atoms with Gasteiger partial charge in [0.1, 0.15) is 5.82 Å². The maximum absolute atomic E-state index is 13.0. The molecule has 1 aromatic carbocycles. The third-order valence-corrected chi connectivity index (χ3v) is 4.55. The Balaban J connectivity index is 2.24. The molecule has 4 heteroatoms. The Kier molecular flexibility index (Phi) is 3.83. The van der Waals surface area contributed by atoms with Crippen LogP contribution >= 0.6 is 22.9 Å². The van der Waals surface area contributed by atoms with Crippen molar-refractivity contribution in [3.8, 4) is 0 Å². The van der Waals surface area contributed by atoms with E-state index in [-0.39, 0.29) is 18.0 Å². The minimum Gasteiger partial charge on any atom is -0.293 e. The predicted molar refractivity (Wildman–Crippen MR) is 73.2 cm³/mol. The lowest BCUT2D eigenvalue weighted by atomic mass is 10.0. The second kappa shape index (κ2) is 5.21. The first kappa shape index (κ1) is 13.2. The fraction of sp³-hybridized carbons (Fsp3) is 0.214. The fourth-order valence-corrected chi connectivity index (χ4v) is 2.97. The van der Waals surface area contributed by atoms with Gasteiger partial charge in [-0.25, -0.2) is 4.39 Å². The Bertz CT molecular complexity index is 604. The van der Waals surface area contributed by atoms with Gasteiger partial charge in [-0.15, -0.1) is 11.3 Å². The highest BCUT2D eigenvalue weighted by molar-refractivity contribution is 7.13. The summed E-state index contributed by atoms with van der Waals surface area (Å²) in [5.74, 6) is -0.304. The molecule has 0 unspecified atom stereocenters. The van der Waals surface area contributed by atoms with Crippen LogP contribution < -0.4 is 0 Å². The summed E-state index contributed by atoms with van der Waals surface area (Å²) in [7, 11) is 0. The monoisotopic (exact) mass is 282 g/mol. The summed E-state index contributed by atoms with van der Waals surface area (Å²) in [6, 6.07) is 4.46. The van der Waals surface area contributed by atoms with Crippen LogP contribution in [0, 0.1) is 19.7 Å². The number of aryl methyl sites for hydroxylation is 2. The van der Waals surface area contributed by atoms with Gasteiger partial charge >= 0.3 is 0 Å². The second-order valence-corrected chi connectivity index (χ2v) is 5.49. The van der Waals surface area contributed by atoms with Crippen molar-refractivity contribution in [1.82, 2.24) is 0 Å². The molecule has 0 amide bonds. The zero-order chi connectivity index (χ0) is 13.3. The summed E-state index contributed by atoms with van der Waals surface area (Å²) in [4.78, 5) is 12.7. The van der Waals surface area contributed by atoms with E-state index in [9.17, 15) is 9.18 Å². The summed E-state index contributed by atoms with van der Waals surface area (Å²) in [6.07, 6.45) is 0.256. The molecule has 0 saturated heterocycles. The van der Waals surface area contributed by atoms with Crippen LogP contribution in [0.15, 0.2) is 23.6 Å². The molecule has 0 saturated carbocycles. The molecule has 0 fully saturated rings. The Hall–Kier alpha value is -1.19. The van der Waals surface area contributed by atoms with E-state index < -0.39 is 0 Å². The van der Waals surface area contributed by atoms with Crippen molar-refractivity contribution in [3.63, 3.8) is 0 Å². The summed E-state index contributed by atoms with van der Waals surface area (Å²) in [6.45, 7) is 3.67. The van der Waals surface area contributed by atoms with Crippen molar-refractivity contribution < 1.29 is 9.18 Å². The van der Waals surface area contributed by atoms with Crippen LogP contribution in [0.1, 0.15) is 26.4 Å². The number of Topliss-reactive ketones (excluding diaryl/α,β-unsaturated/α-hetero) is 1. The molecule has 1 nitrogen and oxygen atoms in total. The van der Waals surface area contributed by atoms with Gasteiger partial charge in [-0.2, -0.15) is 0 Å². The van der Waals surface area contributed by atoms with Crippen LogP contribution in [-0.4, -0.2) is 5.78 Å². The van der Waals surface area contributed by atoms with Gasteiger partial charge in [-0.1, -0.05) is 17.7 Å². The topological polar surface area (TPSA) is 17.1 Å². The SMILES string of the molecule is Cc1cc(F)ccc1CC(=O)c1scc(C)c1Cl. The number of hydrogen-bond donors (Lipinski definition) is 0. The van der Waals surface area contributed by atoms with Crippen LogP contribution in [0.4, 0.5) is 4.39 Å². The van der Waals surface area contributed by atoms with E-state index in [0.29, 0.717) is 9.90 Å². The molecular formula is C14H12ClFOS. The van der Waals surface area contributed by atoms with Crippen molar-refractivity contribution in [2.75, 3.05) is 0 Å².